The number of hydrogen-bond acceptors (Lipinski definition) is 5. The van der Waals surface area contributed by atoms with Crippen LogP contribution in [0.2, 0.25) is 0 Å². The molecule has 122 valence electrons. The number of rotatable bonds is 9. The van der Waals surface area contributed by atoms with E-state index in [0.29, 0.717) is 42.5 Å². The number of nitrogens with one attached hydrogen (secondary N) is 1. The molecule has 0 saturated heterocycles. The highest BCUT2D eigenvalue weighted by molar-refractivity contribution is 7.89. The standard InChI is InChI=1S/C13H26N4O3S/c1-6-16(9-10-20-5)21(18,19)13-11(2)15-17(12(13)3)8-7-14-4/h14H,6-10H2,1-5H3. The second-order valence-electron chi connectivity index (χ2n) is 4.82. The van der Waals surface area contributed by atoms with Crippen molar-refractivity contribution in [3.8, 4) is 0 Å². The zero-order chi connectivity index (χ0) is 16.0. The van der Waals surface area contributed by atoms with Crippen molar-refractivity contribution < 1.29 is 13.2 Å². The molecule has 8 heteroatoms. The molecule has 0 aliphatic rings. The van der Waals surface area contributed by atoms with Crippen LogP contribution in [0.15, 0.2) is 4.90 Å². The molecule has 21 heavy (non-hydrogen) atoms. The molecule has 1 N–H and O–H groups in total. The lowest BCUT2D eigenvalue weighted by Gasteiger charge is -2.20. The summed E-state index contributed by atoms with van der Waals surface area (Å²) in [5.74, 6) is 0. The molecule has 0 aromatic carbocycles. The van der Waals surface area contributed by atoms with E-state index in [-0.39, 0.29) is 0 Å². The number of aryl methyl sites for hydroxylation is 1. The van der Waals surface area contributed by atoms with Gasteiger partial charge in [0, 0.05) is 26.7 Å². The third-order valence-corrected chi connectivity index (χ3v) is 5.61. The van der Waals surface area contributed by atoms with Gasteiger partial charge < -0.3 is 10.1 Å². The quantitative estimate of drug-likeness (QED) is 0.712. The first kappa shape index (κ1) is 18.1. The lowest BCUT2D eigenvalue weighted by molar-refractivity contribution is 0.180. The van der Waals surface area contributed by atoms with Crippen molar-refractivity contribution in [2.24, 2.45) is 0 Å². The van der Waals surface area contributed by atoms with Crippen LogP contribution >= 0.6 is 0 Å². The number of methoxy groups -OCH3 is 1. The Bertz CT molecular complexity index is 554. The van der Waals surface area contributed by atoms with Crippen molar-refractivity contribution in [1.82, 2.24) is 19.4 Å². The van der Waals surface area contributed by atoms with Crippen molar-refractivity contribution in [3.63, 3.8) is 0 Å². The Morgan fingerprint density at radius 2 is 2.05 bits per heavy atom. The minimum Gasteiger partial charge on any atom is -0.383 e. The molecule has 1 aromatic rings. The fraction of sp³-hybridized carbons (Fsp3) is 0.769. The topological polar surface area (TPSA) is 76.5 Å². The first-order chi connectivity index (χ1) is 9.89. The zero-order valence-electron chi connectivity index (χ0n) is 13.5. The SMILES string of the molecule is CCN(CCOC)S(=O)(=O)c1c(C)nn(CCNC)c1C. The fourth-order valence-electron chi connectivity index (χ4n) is 2.26. The van der Waals surface area contributed by atoms with Crippen LogP contribution in [0.4, 0.5) is 0 Å². The Morgan fingerprint density at radius 1 is 1.38 bits per heavy atom. The summed E-state index contributed by atoms with van der Waals surface area (Å²) in [6, 6.07) is 0. The van der Waals surface area contributed by atoms with Gasteiger partial charge in [-0.2, -0.15) is 9.40 Å². The Kier molecular flexibility index (Phi) is 6.79. The minimum absolute atomic E-state index is 0.316. The summed E-state index contributed by atoms with van der Waals surface area (Å²) in [4.78, 5) is 0.316. The van der Waals surface area contributed by atoms with E-state index in [4.69, 9.17) is 4.74 Å². The highest BCUT2D eigenvalue weighted by Crippen LogP contribution is 2.23. The summed E-state index contributed by atoms with van der Waals surface area (Å²) in [5.41, 5.74) is 1.22. The molecular weight excluding hydrogens is 292 g/mol. The van der Waals surface area contributed by atoms with E-state index < -0.39 is 10.0 Å². The van der Waals surface area contributed by atoms with Crippen LogP contribution in [0, 0.1) is 13.8 Å². The number of ether oxygens (including phenoxy) is 1. The maximum absolute atomic E-state index is 12.8. The van der Waals surface area contributed by atoms with Crippen molar-refractivity contribution in [2.45, 2.75) is 32.2 Å². The highest BCUT2D eigenvalue weighted by Gasteiger charge is 2.29. The van der Waals surface area contributed by atoms with Gasteiger partial charge in [0.2, 0.25) is 10.0 Å². The average Bonchev–Trinajstić information content (AvgIpc) is 2.72. The first-order valence-corrected chi connectivity index (χ1v) is 8.51. The van der Waals surface area contributed by atoms with Crippen LogP contribution in [0.5, 0.6) is 0 Å². The minimum atomic E-state index is -3.54. The number of aromatic nitrogens is 2. The van der Waals surface area contributed by atoms with Gasteiger partial charge in [0.05, 0.1) is 24.5 Å². The van der Waals surface area contributed by atoms with Crippen LogP contribution in [0.25, 0.3) is 0 Å². The van der Waals surface area contributed by atoms with E-state index in [2.05, 4.69) is 10.4 Å². The van der Waals surface area contributed by atoms with E-state index in [1.807, 2.05) is 14.0 Å². The summed E-state index contributed by atoms with van der Waals surface area (Å²) in [7, 11) is -0.123. The van der Waals surface area contributed by atoms with Gasteiger partial charge in [-0.15, -0.1) is 0 Å². The van der Waals surface area contributed by atoms with Gasteiger partial charge in [0.25, 0.3) is 0 Å². The van der Waals surface area contributed by atoms with Gasteiger partial charge >= 0.3 is 0 Å². The zero-order valence-corrected chi connectivity index (χ0v) is 14.3. The number of sulfonamides is 1. The van der Waals surface area contributed by atoms with Gasteiger partial charge in [-0.25, -0.2) is 8.42 Å². The summed E-state index contributed by atoms with van der Waals surface area (Å²) < 4.78 is 33.8. The van der Waals surface area contributed by atoms with Gasteiger partial charge in [-0.3, -0.25) is 4.68 Å². The van der Waals surface area contributed by atoms with Gasteiger partial charge in [0.1, 0.15) is 4.90 Å². The predicted molar refractivity (Wildman–Crippen MR) is 81.9 cm³/mol. The third-order valence-electron chi connectivity index (χ3n) is 3.38. The maximum Gasteiger partial charge on any atom is 0.246 e. The molecule has 0 bridgehead atoms. The molecule has 7 nitrogen and oxygen atoms in total. The van der Waals surface area contributed by atoms with Gasteiger partial charge in [-0.1, -0.05) is 6.92 Å². The summed E-state index contributed by atoms with van der Waals surface area (Å²) >= 11 is 0. The molecule has 0 fully saturated rings. The van der Waals surface area contributed by atoms with Crippen molar-refractivity contribution in [3.05, 3.63) is 11.4 Å². The fourth-order valence-corrected chi connectivity index (χ4v) is 4.07. The maximum atomic E-state index is 12.8. The molecule has 0 amide bonds. The van der Waals surface area contributed by atoms with Crippen molar-refractivity contribution >= 4 is 10.0 Å². The van der Waals surface area contributed by atoms with E-state index >= 15 is 0 Å². The lowest BCUT2D eigenvalue weighted by atomic mass is 10.4. The van der Waals surface area contributed by atoms with Gasteiger partial charge in [-0.05, 0) is 20.9 Å². The van der Waals surface area contributed by atoms with Crippen LogP contribution in [0.3, 0.4) is 0 Å². The summed E-state index contributed by atoms with van der Waals surface area (Å²) in [5, 5.41) is 7.39. The molecule has 0 unspecified atom stereocenters. The number of hydrogen-bond donors (Lipinski definition) is 1. The van der Waals surface area contributed by atoms with E-state index in [1.54, 1.807) is 25.6 Å². The van der Waals surface area contributed by atoms with E-state index in [1.165, 1.54) is 4.31 Å². The second-order valence-corrected chi connectivity index (χ2v) is 6.69. The lowest BCUT2D eigenvalue weighted by Crippen LogP contribution is -2.34. The van der Waals surface area contributed by atoms with Crippen molar-refractivity contribution in [1.29, 1.82) is 0 Å². The van der Waals surface area contributed by atoms with Crippen LogP contribution in [-0.2, 0) is 21.3 Å². The van der Waals surface area contributed by atoms with Gasteiger partial charge in [0.15, 0.2) is 0 Å². The molecule has 0 aliphatic heterocycles. The highest BCUT2D eigenvalue weighted by atomic mass is 32.2. The monoisotopic (exact) mass is 318 g/mol. The molecular formula is C13H26N4O3S. The average molecular weight is 318 g/mol. The van der Waals surface area contributed by atoms with Crippen molar-refractivity contribution in [2.75, 3.05) is 40.4 Å². The predicted octanol–water partition coefficient (Wildman–Crippen LogP) is 0.376. The normalized spacial score (nSPS) is 12.3. The summed E-state index contributed by atoms with van der Waals surface area (Å²) in [6.07, 6.45) is 0. The van der Waals surface area contributed by atoms with E-state index in [9.17, 15) is 8.42 Å². The summed E-state index contributed by atoms with van der Waals surface area (Å²) in [6.45, 7) is 7.86. The first-order valence-electron chi connectivity index (χ1n) is 7.07. The van der Waals surface area contributed by atoms with Crippen LogP contribution < -0.4 is 5.32 Å². The van der Waals surface area contributed by atoms with Crippen LogP contribution in [-0.4, -0.2) is 62.9 Å². The molecule has 1 rings (SSSR count). The Labute approximate surface area is 127 Å². The number of nitrogens with zero attached hydrogens (tertiary/aromatic N) is 3. The molecule has 0 aliphatic carbocycles. The Morgan fingerprint density at radius 3 is 2.57 bits per heavy atom. The smallest absolute Gasteiger partial charge is 0.246 e. The molecule has 0 atom stereocenters. The largest absolute Gasteiger partial charge is 0.383 e. The molecule has 0 saturated carbocycles. The third kappa shape index (κ3) is 4.03. The molecule has 1 aromatic heterocycles. The molecule has 1 heterocycles. The number of likely N-dealkylation sites (N-methyl/N-ethyl adjacent to an activating group) is 2. The Balaban J connectivity index is 3.15. The van der Waals surface area contributed by atoms with Crippen LogP contribution in [0.1, 0.15) is 18.3 Å². The molecule has 0 radical (unpaired) electrons. The second kappa shape index (κ2) is 7.88. The Hall–Kier alpha value is -0.960. The molecule has 0 spiro atoms. The van der Waals surface area contributed by atoms with E-state index in [0.717, 1.165) is 6.54 Å².